The number of aliphatic carboxylic acids is 1. The van der Waals surface area contributed by atoms with Gasteiger partial charge < -0.3 is 9.84 Å². The zero-order chi connectivity index (χ0) is 14.0. The van der Waals surface area contributed by atoms with Gasteiger partial charge in [0.25, 0.3) is 5.78 Å². The first-order chi connectivity index (χ1) is 8.52. The Labute approximate surface area is 105 Å². The number of ether oxygens (including phenoxy) is 1. The highest BCUT2D eigenvalue weighted by molar-refractivity contribution is 6.39. The molecule has 0 saturated heterocycles. The molecule has 0 fully saturated rings. The summed E-state index contributed by atoms with van der Waals surface area (Å²) in [6.07, 6.45) is 1.41. The van der Waals surface area contributed by atoms with E-state index in [0.29, 0.717) is 6.42 Å². The minimum atomic E-state index is -1.42. The van der Waals surface area contributed by atoms with Crippen molar-refractivity contribution >= 4 is 17.7 Å². The van der Waals surface area contributed by atoms with E-state index < -0.39 is 11.8 Å². The number of carboxylic acids is 1. The van der Waals surface area contributed by atoms with Gasteiger partial charge in [0.15, 0.2) is 0 Å². The summed E-state index contributed by atoms with van der Waals surface area (Å²) in [6, 6.07) is 7.90. The van der Waals surface area contributed by atoms with E-state index in [4.69, 9.17) is 5.11 Å². The van der Waals surface area contributed by atoms with Gasteiger partial charge in [-0.1, -0.05) is 37.3 Å². The summed E-state index contributed by atoms with van der Waals surface area (Å²) in [5.74, 6) is -2.41. The summed E-state index contributed by atoms with van der Waals surface area (Å²) in [5, 5.41) is 8.29. The molecule has 0 amide bonds. The standard InChI is InChI=1S/C8H6O3.C5H10O2/c9-7(8(10)11)6-4-2-1-3-5-6;1-3-4-5(6)7-2/h1-5H,(H,10,11);3-4H2,1-2H3. The Morgan fingerprint density at radius 3 is 2.06 bits per heavy atom. The number of ketones is 1. The molecule has 0 bridgehead atoms. The molecule has 0 spiro atoms. The molecule has 0 aromatic heterocycles. The molecule has 5 heteroatoms. The maximum Gasteiger partial charge on any atom is 0.377 e. The van der Waals surface area contributed by atoms with Crippen LogP contribution >= 0.6 is 0 Å². The van der Waals surface area contributed by atoms with Crippen molar-refractivity contribution in [2.75, 3.05) is 7.11 Å². The monoisotopic (exact) mass is 252 g/mol. The maximum atomic E-state index is 10.7. The first-order valence-corrected chi connectivity index (χ1v) is 5.42. The molecule has 0 radical (unpaired) electrons. The number of benzene rings is 1. The molecule has 0 unspecified atom stereocenters. The van der Waals surface area contributed by atoms with Gasteiger partial charge >= 0.3 is 11.9 Å². The molecule has 0 atom stereocenters. The second-order valence-electron chi connectivity index (χ2n) is 3.33. The fourth-order valence-corrected chi connectivity index (χ4v) is 1.02. The second-order valence-corrected chi connectivity index (χ2v) is 3.33. The third-order valence-electron chi connectivity index (χ3n) is 1.91. The highest BCUT2D eigenvalue weighted by atomic mass is 16.5. The smallest absolute Gasteiger partial charge is 0.377 e. The van der Waals surface area contributed by atoms with E-state index in [2.05, 4.69) is 4.74 Å². The van der Waals surface area contributed by atoms with Crippen LogP contribution in [0.2, 0.25) is 0 Å². The van der Waals surface area contributed by atoms with E-state index in [1.54, 1.807) is 18.2 Å². The van der Waals surface area contributed by atoms with Crippen LogP contribution in [0.15, 0.2) is 30.3 Å². The summed E-state index contributed by atoms with van der Waals surface area (Å²) in [7, 11) is 1.40. The number of carbonyl (C=O) groups is 3. The molecular weight excluding hydrogens is 236 g/mol. The van der Waals surface area contributed by atoms with Gasteiger partial charge in [0.05, 0.1) is 7.11 Å². The van der Waals surface area contributed by atoms with Gasteiger partial charge in [-0.15, -0.1) is 0 Å². The van der Waals surface area contributed by atoms with Crippen LogP contribution in [-0.2, 0) is 14.3 Å². The highest BCUT2D eigenvalue weighted by Crippen LogP contribution is 1.98. The molecule has 98 valence electrons. The minimum absolute atomic E-state index is 0.123. The van der Waals surface area contributed by atoms with Gasteiger partial charge in [0.2, 0.25) is 0 Å². The normalized spacial score (nSPS) is 8.78. The maximum absolute atomic E-state index is 10.7. The zero-order valence-corrected chi connectivity index (χ0v) is 10.4. The van der Waals surface area contributed by atoms with Crippen LogP contribution in [0, 0.1) is 0 Å². The first-order valence-electron chi connectivity index (χ1n) is 5.42. The molecule has 18 heavy (non-hydrogen) atoms. The predicted molar refractivity (Wildman–Crippen MR) is 65.3 cm³/mol. The van der Waals surface area contributed by atoms with Gasteiger partial charge in [-0.3, -0.25) is 9.59 Å². The quantitative estimate of drug-likeness (QED) is 0.503. The van der Waals surface area contributed by atoms with Crippen LogP contribution in [0.1, 0.15) is 30.1 Å². The van der Waals surface area contributed by atoms with Crippen LogP contribution in [0.25, 0.3) is 0 Å². The molecule has 1 aromatic rings. The van der Waals surface area contributed by atoms with Gasteiger partial charge in [-0.25, -0.2) is 4.79 Å². The zero-order valence-electron chi connectivity index (χ0n) is 10.4. The lowest BCUT2D eigenvalue weighted by Crippen LogP contribution is -2.12. The van der Waals surface area contributed by atoms with Gasteiger partial charge in [0, 0.05) is 12.0 Å². The highest BCUT2D eigenvalue weighted by Gasteiger charge is 2.12. The molecule has 0 aliphatic carbocycles. The van der Waals surface area contributed by atoms with Crippen molar-refractivity contribution in [1.82, 2.24) is 0 Å². The predicted octanol–water partition coefficient (Wildman–Crippen LogP) is 1.91. The number of hydrogen-bond acceptors (Lipinski definition) is 4. The molecular formula is C13H16O5. The fraction of sp³-hybridized carbons (Fsp3) is 0.308. The van der Waals surface area contributed by atoms with Crippen LogP contribution in [0.4, 0.5) is 0 Å². The van der Waals surface area contributed by atoms with E-state index >= 15 is 0 Å². The Hall–Kier alpha value is -2.17. The number of Topliss-reactive ketones (excluding diaryl/α,β-unsaturated/α-hetero) is 1. The number of rotatable bonds is 4. The van der Waals surface area contributed by atoms with Crippen molar-refractivity contribution in [3.8, 4) is 0 Å². The lowest BCUT2D eigenvalue weighted by Gasteiger charge is -1.91. The number of hydrogen-bond donors (Lipinski definition) is 1. The lowest BCUT2D eigenvalue weighted by molar-refractivity contribution is -0.140. The van der Waals surface area contributed by atoms with E-state index in [1.165, 1.54) is 19.2 Å². The van der Waals surface area contributed by atoms with Crippen LogP contribution < -0.4 is 0 Å². The lowest BCUT2D eigenvalue weighted by atomic mass is 10.1. The molecule has 5 nitrogen and oxygen atoms in total. The number of esters is 1. The first kappa shape index (κ1) is 15.8. The molecule has 1 rings (SSSR count). The second kappa shape index (κ2) is 8.92. The molecule has 0 heterocycles. The fourth-order valence-electron chi connectivity index (χ4n) is 1.02. The van der Waals surface area contributed by atoms with Crippen LogP contribution in [-0.4, -0.2) is 29.9 Å². The van der Waals surface area contributed by atoms with Crippen molar-refractivity contribution < 1.29 is 24.2 Å². The Morgan fingerprint density at radius 2 is 1.72 bits per heavy atom. The van der Waals surface area contributed by atoms with Gasteiger partial charge in [-0.2, -0.15) is 0 Å². The Bertz CT molecular complexity index is 397. The SMILES string of the molecule is CCCC(=O)OC.O=C(O)C(=O)c1ccccc1. The Kier molecular flexibility index (Phi) is 7.85. The van der Waals surface area contributed by atoms with Crippen molar-refractivity contribution in [3.63, 3.8) is 0 Å². The number of carbonyl (C=O) groups excluding carboxylic acids is 2. The van der Waals surface area contributed by atoms with E-state index in [-0.39, 0.29) is 11.5 Å². The third-order valence-corrected chi connectivity index (χ3v) is 1.91. The average molecular weight is 252 g/mol. The van der Waals surface area contributed by atoms with Crippen LogP contribution in [0.3, 0.4) is 0 Å². The van der Waals surface area contributed by atoms with Crippen molar-refractivity contribution in [2.24, 2.45) is 0 Å². The number of carboxylic acid groups (broad SMARTS) is 1. The Morgan fingerprint density at radius 1 is 1.17 bits per heavy atom. The summed E-state index contributed by atoms with van der Waals surface area (Å²) in [5.41, 5.74) is 0.208. The van der Waals surface area contributed by atoms with Gasteiger partial charge in [0.1, 0.15) is 0 Å². The van der Waals surface area contributed by atoms with Crippen molar-refractivity contribution in [1.29, 1.82) is 0 Å². The molecule has 0 aliphatic heterocycles. The third kappa shape index (κ3) is 6.42. The topological polar surface area (TPSA) is 80.7 Å². The molecule has 1 N–H and O–H groups in total. The van der Waals surface area contributed by atoms with E-state index in [9.17, 15) is 14.4 Å². The summed E-state index contributed by atoms with van der Waals surface area (Å²) in [4.78, 5) is 31.1. The summed E-state index contributed by atoms with van der Waals surface area (Å²) < 4.78 is 4.35. The van der Waals surface area contributed by atoms with Crippen LogP contribution in [0.5, 0.6) is 0 Å². The largest absolute Gasteiger partial charge is 0.475 e. The van der Waals surface area contributed by atoms with E-state index in [0.717, 1.165) is 6.42 Å². The Balaban J connectivity index is 0.000000360. The van der Waals surface area contributed by atoms with Crippen molar-refractivity contribution in [3.05, 3.63) is 35.9 Å². The van der Waals surface area contributed by atoms with Crippen molar-refractivity contribution in [2.45, 2.75) is 19.8 Å². The molecule has 0 aliphatic rings. The molecule has 0 saturated carbocycles. The van der Waals surface area contributed by atoms with E-state index in [1.807, 2.05) is 6.92 Å². The average Bonchev–Trinajstić information content (AvgIpc) is 2.39. The van der Waals surface area contributed by atoms with Gasteiger partial charge in [-0.05, 0) is 6.42 Å². The summed E-state index contributed by atoms with van der Waals surface area (Å²) in [6.45, 7) is 1.94. The molecule has 1 aromatic carbocycles. The number of methoxy groups -OCH3 is 1. The minimum Gasteiger partial charge on any atom is -0.475 e. The summed E-state index contributed by atoms with van der Waals surface area (Å²) >= 11 is 0.